The highest BCUT2D eigenvalue weighted by Gasteiger charge is 2.39. The molecule has 2 aromatic carbocycles. The van der Waals surface area contributed by atoms with E-state index in [0.29, 0.717) is 17.4 Å². The van der Waals surface area contributed by atoms with Crippen LogP contribution in [-0.2, 0) is 23.9 Å². The Hall–Kier alpha value is -2.35. The highest BCUT2D eigenvalue weighted by atomic mass is 19.4. The first-order valence-electron chi connectivity index (χ1n) is 10.3. The van der Waals surface area contributed by atoms with Crippen LogP contribution in [0.2, 0.25) is 0 Å². The predicted molar refractivity (Wildman–Crippen MR) is 106 cm³/mol. The molecule has 0 atom stereocenters. The lowest BCUT2D eigenvalue weighted by atomic mass is 9.79. The zero-order valence-electron chi connectivity index (χ0n) is 17.2. The fourth-order valence-corrected chi connectivity index (χ4v) is 4.05. The topological polar surface area (TPSA) is 9.23 Å². The summed E-state index contributed by atoms with van der Waals surface area (Å²) in [6.07, 6.45) is -4.17. The third-order valence-electron chi connectivity index (χ3n) is 5.80. The Morgan fingerprint density at radius 2 is 1.44 bits per heavy atom. The van der Waals surface area contributed by atoms with Gasteiger partial charge in [0.15, 0.2) is 0 Å². The average Bonchev–Trinajstić information content (AvgIpc) is 2.71. The van der Waals surface area contributed by atoms with Crippen molar-refractivity contribution in [2.45, 2.75) is 56.9 Å². The molecule has 3 rings (SSSR count). The van der Waals surface area contributed by atoms with Crippen LogP contribution in [0.5, 0.6) is 0 Å². The number of halogens is 7. The molecular formula is C24H23F7O. The molecule has 1 fully saturated rings. The maximum atomic E-state index is 14.1. The molecule has 0 aliphatic heterocycles. The Bertz CT molecular complexity index is 903. The molecule has 0 bridgehead atoms. The van der Waals surface area contributed by atoms with Crippen LogP contribution in [0.25, 0.3) is 0 Å². The molecule has 1 aliphatic carbocycles. The first-order valence-corrected chi connectivity index (χ1v) is 10.3. The van der Waals surface area contributed by atoms with Crippen LogP contribution in [0.3, 0.4) is 0 Å². The minimum atomic E-state index is -5.26. The summed E-state index contributed by atoms with van der Waals surface area (Å²) >= 11 is 0. The van der Waals surface area contributed by atoms with Gasteiger partial charge in [-0.25, -0.2) is 8.78 Å². The van der Waals surface area contributed by atoms with Gasteiger partial charge in [-0.1, -0.05) is 30.3 Å². The zero-order valence-corrected chi connectivity index (χ0v) is 17.2. The molecule has 0 heterocycles. The second-order valence-corrected chi connectivity index (χ2v) is 8.12. The summed E-state index contributed by atoms with van der Waals surface area (Å²) in [5.74, 6) is -2.94. The first-order chi connectivity index (χ1) is 15.0. The molecule has 0 saturated heterocycles. The largest absolute Gasteiger partial charge is 0.422 e. The van der Waals surface area contributed by atoms with Gasteiger partial charge in [-0.15, -0.1) is 6.58 Å². The van der Waals surface area contributed by atoms with Crippen molar-refractivity contribution in [2.24, 2.45) is 5.92 Å². The van der Waals surface area contributed by atoms with Crippen molar-refractivity contribution in [3.05, 3.63) is 82.9 Å². The van der Waals surface area contributed by atoms with Gasteiger partial charge in [0.1, 0.15) is 17.2 Å². The minimum Gasteiger partial charge on any atom is -0.315 e. The number of alkyl halides is 5. The minimum absolute atomic E-state index is 0.249. The van der Waals surface area contributed by atoms with Crippen molar-refractivity contribution in [2.75, 3.05) is 0 Å². The molecule has 0 radical (unpaired) electrons. The molecule has 0 N–H and O–H groups in total. The molecule has 0 aromatic heterocycles. The third kappa shape index (κ3) is 6.12. The van der Waals surface area contributed by atoms with Gasteiger partial charge in [0.05, 0.1) is 13.0 Å². The van der Waals surface area contributed by atoms with Crippen molar-refractivity contribution >= 4 is 0 Å². The van der Waals surface area contributed by atoms with Gasteiger partial charge in [-0.05, 0) is 66.3 Å². The van der Waals surface area contributed by atoms with E-state index in [1.165, 1.54) is 0 Å². The van der Waals surface area contributed by atoms with Crippen LogP contribution in [-0.4, -0.2) is 6.11 Å². The molecule has 174 valence electrons. The van der Waals surface area contributed by atoms with Crippen molar-refractivity contribution in [3.8, 4) is 0 Å². The smallest absolute Gasteiger partial charge is 0.315 e. The fourth-order valence-electron chi connectivity index (χ4n) is 4.05. The molecule has 0 unspecified atom stereocenters. The summed E-state index contributed by atoms with van der Waals surface area (Å²) in [6, 6.07) is 7.61. The number of rotatable bonds is 7. The molecule has 1 nitrogen and oxygen atoms in total. The van der Waals surface area contributed by atoms with Gasteiger partial charge in [0, 0.05) is 0 Å². The van der Waals surface area contributed by atoms with Crippen LogP contribution < -0.4 is 0 Å². The second kappa shape index (κ2) is 9.65. The van der Waals surface area contributed by atoms with Crippen molar-refractivity contribution in [3.63, 3.8) is 0 Å². The summed E-state index contributed by atoms with van der Waals surface area (Å²) < 4.78 is 97.9. The van der Waals surface area contributed by atoms with E-state index in [2.05, 4.69) is 11.3 Å². The van der Waals surface area contributed by atoms with Gasteiger partial charge in [0.2, 0.25) is 0 Å². The molecule has 1 aliphatic rings. The Morgan fingerprint density at radius 3 is 1.94 bits per heavy atom. The van der Waals surface area contributed by atoms with Crippen molar-refractivity contribution < 1.29 is 35.5 Å². The van der Waals surface area contributed by atoms with Crippen molar-refractivity contribution in [1.82, 2.24) is 0 Å². The lowest BCUT2D eigenvalue weighted by Crippen LogP contribution is -2.24. The van der Waals surface area contributed by atoms with Crippen LogP contribution in [0, 0.1) is 17.6 Å². The normalized spacial score (nSPS) is 19.7. The summed E-state index contributed by atoms with van der Waals surface area (Å²) in [4.78, 5) is 0. The van der Waals surface area contributed by atoms with Crippen LogP contribution in [0.15, 0.2) is 49.1 Å². The maximum absolute atomic E-state index is 14.1. The van der Waals surface area contributed by atoms with Crippen LogP contribution in [0.1, 0.15) is 53.9 Å². The molecule has 32 heavy (non-hydrogen) atoms. The summed E-state index contributed by atoms with van der Waals surface area (Å²) in [5, 5.41) is 0. The molecule has 0 amide bonds. The molecule has 2 aromatic rings. The fraction of sp³-hybridized carbons (Fsp3) is 0.417. The van der Waals surface area contributed by atoms with Crippen LogP contribution in [0.4, 0.5) is 30.7 Å². The quantitative estimate of drug-likeness (QED) is 0.303. The van der Waals surface area contributed by atoms with Gasteiger partial charge in [0.25, 0.3) is 0 Å². The Balaban J connectivity index is 1.59. The Labute approximate surface area is 181 Å². The Kier molecular flexibility index (Phi) is 7.32. The van der Waals surface area contributed by atoms with Crippen LogP contribution >= 0.6 is 0 Å². The van der Waals surface area contributed by atoms with E-state index in [4.69, 9.17) is 0 Å². The van der Waals surface area contributed by atoms with E-state index in [1.54, 1.807) is 12.1 Å². The predicted octanol–water partition coefficient (Wildman–Crippen LogP) is 7.80. The number of benzene rings is 2. The second-order valence-electron chi connectivity index (χ2n) is 8.12. The zero-order chi connectivity index (χ0) is 23.5. The van der Waals surface area contributed by atoms with Gasteiger partial charge >= 0.3 is 12.3 Å². The summed E-state index contributed by atoms with van der Waals surface area (Å²) in [6.45, 7) is 3.37. The number of allylic oxidation sites excluding steroid dienone is 1. The van der Waals surface area contributed by atoms with E-state index < -0.39 is 48.1 Å². The van der Waals surface area contributed by atoms with Gasteiger partial charge in [-0.3, -0.25) is 0 Å². The number of hydrogen-bond acceptors (Lipinski definition) is 1. The molecule has 8 heteroatoms. The molecule has 1 saturated carbocycles. The summed E-state index contributed by atoms with van der Waals surface area (Å²) in [7, 11) is 0. The highest BCUT2D eigenvalue weighted by molar-refractivity contribution is 5.29. The summed E-state index contributed by atoms with van der Waals surface area (Å²) in [5.41, 5.74) is -1.14. The number of hydrogen-bond donors (Lipinski definition) is 0. The monoisotopic (exact) mass is 460 g/mol. The van der Waals surface area contributed by atoms with Gasteiger partial charge < -0.3 is 4.74 Å². The SMILES string of the molecule is C=CC1CCC(c2ccc(COC(F)(F)Cc3cc(F)c(C(F)(F)F)c(F)c3)cc2)CC1. The average molecular weight is 460 g/mol. The lowest BCUT2D eigenvalue weighted by Gasteiger charge is -2.27. The van der Waals surface area contributed by atoms with E-state index in [-0.39, 0.29) is 12.1 Å². The van der Waals surface area contributed by atoms with E-state index in [0.717, 1.165) is 31.2 Å². The van der Waals surface area contributed by atoms with Gasteiger partial charge in [-0.2, -0.15) is 22.0 Å². The van der Waals surface area contributed by atoms with Crippen molar-refractivity contribution in [1.29, 1.82) is 0 Å². The molecule has 0 spiro atoms. The highest BCUT2D eigenvalue weighted by Crippen LogP contribution is 2.37. The van der Waals surface area contributed by atoms with E-state index in [1.807, 2.05) is 18.2 Å². The standard InChI is InChI=1S/C24H23F7O/c1-2-15-3-7-18(8-4-15)19-9-5-16(6-10-19)14-32-23(27,28)13-17-11-20(25)22(21(26)12-17)24(29,30)31/h2,5-6,9-12,15,18H,1,3-4,7-8,13-14H2. The van der Waals surface area contributed by atoms with E-state index in [9.17, 15) is 30.7 Å². The Morgan fingerprint density at radius 1 is 0.875 bits per heavy atom. The first kappa shape index (κ1) is 24.3. The van der Waals surface area contributed by atoms with E-state index >= 15 is 0 Å². The number of ether oxygens (including phenoxy) is 1. The third-order valence-corrected chi connectivity index (χ3v) is 5.80. The molecular weight excluding hydrogens is 437 g/mol. The lowest BCUT2D eigenvalue weighted by molar-refractivity contribution is -0.244. The maximum Gasteiger partial charge on any atom is 0.422 e.